The van der Waals surface area contributed by atoms with E-state index >= 15 is 0 Å². The molecule has 0 spiro atoms. The summed E-state index contributed by atoms with van der Waals surface area (Å²) in [5.41, 5.74) is 1.30. The summed E-state index contributed by atoms with van der Waals surface area (Å²) in [5, 5.41) is 28.8. The highest BCUT2D eigenvalue weighted by Gasteiger charge is 2.17. The highest BCUT2D eigenvalue weighted by Crippen LogP contribution is 2.24. The van der Waals surface area contributed by atoms with Gasteiger partial charge in [-0.15, -0.1) is 0 Å². The Hall–Kier alpha value is -3.38. The number of ether oxygens (including phenoxy) is 1. The Bertz CT molecular complexity index is 1010. The summed E-state index contributed by atoms with van der Waals surface area (Å²) in [7, 11) is 0. The van der Waals surface area contributed by atoms with Crippen LogP contribution in [-0.4, -0.2) is 32.9 Å². The van der Waals surface area contributed by atoms with E-state index in [9.17, 15) is 19.8 Å². The van der Waals surface area contributed by atoms with Crippen LogP contribution in [0.5, 0.6) is 5.75 Å². The highest BCUT2D eigenvalue weighted by atomic mass is 16.5. The van der Waals surface area contributed by atoms with Crippen molar-refractivity contribution in [2.75, 3.05) is 0 Å². The van der Waals surface area contributed by atoms with E-state index in [1.807, 2.05) is 56.3 Å². The number of carboxylic acids is 2. The number of allylic oxidation sites excluding steroid dienone is 3. The quantitative estimate of drug-likeness (QED) is 0.397. The molecule has 6 heteroatoms. The lowest BCUT2D eigenvalue weighted by Gasteiger charge is -2.20. The summed E-state index contributed by atoms with van der Waals surface area (Å²) in [6, 6.07) is 11.7. The van der Waals surface area contributed by atoms with Crippen LogP contribution in [0.2, 0.25) is 0 Å². The molecule has 0 aliphatic rings. The molecule has 2 aromatic carbocycles. The van der Waals surface area contributed by atoms with Crippen LogP contribution < -0.4 is 4.74 Å². The summed E-state index contributed by atoms with van der Waals surface area (Å²) in [5.74, 6) is -1.97. The minimum absolute atomic E-state index is 0.106. The van der Waals surface area contributed by atoms with Crippen LogP contribution in [-0.2, 0) is 6.61 Å². The van der Waals surface area contributed by atoms with Gasteiger partial charge in [0.05, 0.1) is 16.7 Å². The minimum atomic E-state index is -1.30. The van der Waals surface area contributed by atoms with Crippen LogP contribution in [0, 0.1) is 0 Å². The van der Waals surface area contributed by atoms with Crippen LogP contribution >= 0.6 is 0 Å². The van der Waals surface area contributed by atoms with Gasteiger partial charge in [0.2, 0.25) is 0 Å². The first-order valence-corrected chi connectivity index (χ1v) is 10.7. The monoisotopic (exact) mass is 438 g/mol. The number of hydrogen-bond donors (Lipinski definition) is 3. The number of aromatic carboxylic acids is 2. The van der Waals surface area contributed by atoms with Crippen LogP contribution in [0.4, 0.5) is 0 Å². The van der Waals surface area contributed by atoms with Gasteiger partial charge in [-0.3, -0.25) is 0 Å². The predicted molar refractivity (Wildman–Crippen MR) is 124 cm³/mol. The molecule has 0 saturated heterocycles. The molecular formula is C26H30O6. The van der Waals surface area contributed by atoms with E-state index in [-0.39, 0.29) is 17.7 Å². The molecule has 0 aromatic heterocycles. The van der Waals surface area contributed by atoms with Gasteiger partial charge < -0.3 is 20.1 Å². The van der Waals surface area contributed by atoms with E-state index in [0.29, 0.717) is 24.2 Å². The third-order valence-corrected chi connectivity index (χ3v) is 5.46. The van der Waals surface area contributed by atoms with Crippen LogP contribution in [0.1, 0.15) is 71.9 Å². The second-order valence-corrected chi connectivity index (χ2v) is 7.52. The smallest absolute Gasteiger partial charge is 0.336 e. The molecule has 0 radical (unpaired) electrons. The Morgan fingerprint density at radius 2 is 1.66 bits per heavy atom. The fourth-order valence-corrected chi connectivity index (χ4v) is 3.24. The van der Waals surface area contributed by atoms with E-state index in [1.165, 1.54) is 12.1 Å². The van der Waals surface area contributed by atoms with Gasteiger partial charge in [-0.05, 0) is 60.2 Å². The van der Waals surface area contributed by atoms with E-state index in [4.69, 9.17) is 9.84 Å². The molecule has 170 valence electrons. The molecular weight excluding hydrogens is 408 g/mol. The molecule has 6 nitrogen and oxygen atoms in total. The third kappa shape index (κ3) is 6.56. The Kier molecular flexibility index (Phi) is 8.79. The van der Waals surface area contributed by atoms with Gasteiger partial charge in [0, 0.05) is 0 Å². The van der Waals surface area contributed by atoms with Crippen LogP contribution in [0.15, 0.2) is 60.7 Å². The number of carboxylic acid groups (broad SMARTS) is 2. The van der Waals surface area contributed by atoms with Crippen molar-refractivity contribution in [3.8, 4) is 5.75 Å². The van der Waals surface area contributed by atoms with Gasteiger partial charge in [-0.1, -0.05) is 57.2 Å². The second kappa shape index (κ2) is 11.3. The van der Waals surface area contributed by atoms with Crippen molar-refractivity contribution in [3.05, 3.63) is 82.9 Å². The zero-order valence-electron chi connectivity index (χ0n) is 18.7. The van der Waals surface area contributed by atoms with E-state index in [2.05, 4.69) is 6.92 Å². The summed E-state index contributed by atoms with van der Waals surface area (Å²) in [6.07, 6.45) is 7.79. The second-order valence-electron chi connectivity index (χ2n) is 7.52. The van der Waals surface area contributed by atoms with Gasteiger partial charge in [-0.25, -0.2) is 9.59 Å². The molecule has 0 amide bonds. The molecule has 2 aromatic rings. The molecule has 0 atom stereocenters. The highest BCUT2D eigenvalue weighted by molar-refractivity contribution is 6.01. The maximum Gasteiger partial charge on any atom is 0.336 e. The van der Waals surface area contributed by atoms with E-state index in [1.54, 1.807) is 6.07 Å². The van der Waals surface area contributed by atoms with Gasteiger partial charge >= 0.3 is 11.9 Å². The molecule has 0 aliphatic heterocycles. The third-order valence-electron chi connectivity index (χ3n) is 5.46. The lowest BCUT2D eigenvalue weighted by atomic mass is 9.96. The number of rotatable bonds is 11. The summed E-state index contributed by atoms with van der Waals surface area (Å²) in [4.78, 5) is 22.6. The molecule has 32 heavy (non-hydrogen) atoms. The summed E-state index contributed by atoms with van der Waals surface area (Å²) < 4.78 is 5.83. The largest absolute Gasteiger partial charge is 0.489 e. The Balaban J connectivity index is 2.18. The first-order valence-electron chi connectivity index (χ1n) is 10.7. The minimum Gasteiger partial charge on any atom is -0.489 e. The number of hydrogen-bond acceptors (Lipinski definition) is 4. The molecule has 2 rings (SSSR count). The van der Waals surface area contributed by atoms with E-state index < -0.39 is 17.5 Å². The van der Waals surface area contributed by atoms with Crippen LogP contribution in [0.3, 0.4) is 0 Å². The standard InChI is InChI=1S/C26H30O6/c1-4-19(10-8-14-26(31,5-2)6-3)20-9-7-11-21(16-20)32-17-18-12-13-22(24(27)28)23(15-18)25(29)30/h7-16,31H,4-6,17H2,1-3H3,(H,27,28)(H,29,30). The van der Waals surface area contributed by atoms with Crippen molar-refractivity contribution in [3.63, 3.8) is 0 Å². The van der Waals surface area contributed by atoms with Gasteiger partial charge in [0.1, 0.15) is 12.4 Å². The molecule has 0 heterocycles. The zero-order chi connectivity index (χ0) is 23.7. The predicted octanol–water partition coefficient (Wildman–Crippen LogP) is 5.56. The Labute approximate surface area is 188 Å². The average molecular weight is 439 g/mol. The zero-order valence-corrected chi connectivity index (χ0v) is 18.7. The SMILES string of the molecule is CCC(=CC=CC(O)(CC)CC)c1cccc(OCc2ccc(C(=O)O)c(C(=O)O)c2)c1. The fraction of sp³-hybridized carbons (Fsp3) is 0.308. The lowest BCUT2D eigenvalue weighted by molar-refractivity contribution is 0.0651. The topological polar surface area (TPSA) is 104 Å². The molecule has 0 saturated carbocycles. The van der Waals surface area contributed by atoms with Crippen LogP contribution in [0.25, 0.3) is 5.57 Å². The molecule has 0 fully saturated rings. The molecule has 0 bridgehead atoms. The average Bonchev–Trinajstić information content (AvgIpc) is 2.80. The summed E-state index contributed by atoms with van der Waals surface area (Å²) >= 11 is 0. The van der Waals surface area contributed by atoms with E-state index in [0.717, 1.165) is 17.6 Å². The number of carbonyl (C=O) groups is 2. The summed E-state index contributed by atoms with van der Waals surface area (Å²) in [6.45, 7) is 6.06. The maximum atomic E-state index is 11.4. The van der Waals surface area contributed by atoms with Gasteiger partial charge in [0.15, 0.2) is 0 Å². The fourth-order valence-electron chi connectivity index (χ4n) is 3.24. The molecule has 0 aliphatic carbocycles. The Morgan fingerprint density at radius 1 is 0.969 bits per heavy atom. The number of aliphatic hydroxyl groups is 1. The van der Waals surface area contributed by atoms with Crippen molar-refractivity contribution in [1.82, 2.24) is 0 Å². The Morgan fingerprint density at radius 3 is 2.25 bits per heavy atom. The van der Waals surface area contributed by atoms with Crippen molar-refractivity contribution in [2.24, 2.45) is 0 Å². The molecule has 3 N–H and O–H groups in total. The number of benzene rings is 2. The molecule has 0 unspecified atom stereocenters. The van der Waals surface area contributed by atoms with Crippen molar-refractivity contribution in [1.29, 1.82) is 0 Å². The van der Waals surface area contributed by atoms with Gasteiger partial charge in [-0.2, -0.15) is 0 Å². The van der Waals surface area contributed by atoms with Gasteiger partial charge in [0.25, 0.3) is 0 Å². The van der Waals surface area contributed by atoms with Crippen molar-refractivity contribution >= 4 is 17.5 Å². The van der Waals surface area contributed by atoms with Crippen molar-refractivity contribution < 1.29 is 29.6 Å². The van der Waals surface area contributed by atoms with Crippen molar-refractivity contribution in [2.45, 2.75) is 52.2 Å². The first kappa shape index (κ1) is 24.9. The first-order chi connectivity index (χ1) is 15.2. The maximum absolute atomic E-state index is 11.4. The normalized spacial score (nSPS) is 12.2. The lowest BCUT2D eigenvalue weighted by Crippen LogP contribution is -2.22.